The van der Waals surface area contributed by atoms with Gasteiger partial charge in [0.15, 0.2) is 5.82 Å². The van der Waals surface area contributed by atoms with Gasteiger partial charge in [0.05, 0.1) is 17.9 Å². The zero-order chi connectivity index (χ0) is 14.0. The fourth-order valence-corrected chi connectivity index (χ4v) is 4.11. The minimum absolute atomic E-state index is 0.329. The number of rotatable bonds is 4. The molecule has 1 unspecified atom stereocenters. The molecular weight excluding hydrogens is 296 g/mol. The second-order valence-electron chi connectivity index (χ2n) is 3.87. The van der Waals surface area contributed by atoms with Crippen molar-refractivity contribution >= 4 is 27.5 Å². The van der Waals surface area contributed by atoms with E-state index in [1.54, 1.807) is 11.5 Å². The summed E-state index contributed by atoms with van der Waals surface area (Å²) in [7, 11) is -3.77. The highest BCUT2D eigenvalue weighted by molar-refractivity contribution is 8.15. The smallest absolute Gasteiger partial charge is 0.245 e. The first-order chi connectivity index (χ1) is 8.95. The van der Waals surface area contributed by atoms with E-state index in [-0.39, 0.29) is 5.69 Å². The molecule has 104 valence electrons. The van der Waals surface area contributed by atoms with Crippen LogP contribution in [0.3, 0.4) is 0 Å². The van der Waals surface area contributed by atoms with E-state index in [0.717, 1.165) is 23.9 Å². The van der Waals surface area contributed by atoms with Gasteiger partial charge >= 0.3 is 0 Å². The van der Waals surface area contributed by atoms with Crippen LogP contribution in [0.25, 0.3) is 0 Å². The second-order valence-corrected chi connectivity index (χ2v) is 7.14. The highest BCUT2D eigenvalue weighted by atomic mass is 32.3. The predicted molar refractivity (Wildman–Crippen MR) is 70.0 cm³/mol. The van der Waals surface area contributed by atoms with Crippen LogP contribution in [0.1, 0.15) is 12.0 Å². The lowest BCUT2D eigenvalue weighted by atomic mass is 10.2. The third kappa shape index (κ3) is 2.90. The standard InChI is InChI=1S/C11H11F2NO3S2/c12-8-3-4-9(11(13)7(8)6-15)14-19(16,17)10-2-1-5-18-10/h1,3-5,10,14-15H,2,6H2. The Labute approximate surface area is 113 Å². The Morgan fingerprint density at radius 1 is 1.42 bits per heavy atom. The lowest BCUT2D eigenvalue weighted by Gasteiger charge is -2.14. The number of nitrogens with one attached hydrogen (secondary N) is 1. The van der Waals surface area contributed by atoms with E-state index >= 15 is 0 Å². The second kappa shape index (κ2) is 5.48. The van der Waals surface area contributed by atoms with E-state index in [1.807, 2.05) is 0 Å². The third-order valence-electron chi connectivity index (χ3n) is 2.60. The Bertz CT molecular complexity index is 609. The number of allylic oxidation sites excluding steroid dienone is 1. The van der Waals surface area contributed by atoms with Gasteiger partial charge in [0.2, 0.25) is 10.0 Å². The maximum absolute atomic E-state index is 13.8. The number of thioether (sulfide) groups is 1. The van der Waals surface area contributed by atoms with Crippen molar-refractivity contribution in [3.8, 4) is 0 Å². The van der Waals surface area contributed by atoms with Crippen molar-refractivity contribution in [2.75, 3.05) is 4.72 Å². The van der Waals surface area contributed by atoms with Crippen LogP contribution in [0.2, 0.25) is 0 Å². The molecule has 0 saturated carbocycles. The summed E-state index contributed by atoms with van der Waals surface area (Å²) in [5.74, 6) is -2.01. The molecule has 0 bridgehead atoms. The Morgan fingerprint density at radius 2 is 2.16 bits per heavy atom. The van der Waals surface area contributed by atoms with Crippen LogP contribution in [0.5, 0.6) is 0 Å². The first-order valence-electron chi connectivity index (χ1n) is 5.35. The summed E-state index contributed by atoms with van der Waals surface area (Å²) in [6.07, 6.45) is 2.03. The van der Waals surface area contributed by atoms with Gasteiger partial charge in [-0.3, -0.25) is 4.72 Å². The number of hydrogen-bond acceptors (Lipinski definition) is 4. The molecule has 1 aromatic carbocycles. The Kier molecular flexibility index (Phi) is 4.12. The normalized spacial score (nSPS) is 18.8. The van der Waals surface area contributed by atoms with Crippen LogP contribution < -0.4 is 4.72 Å². The largest absolute Gasteiger partial charge is 0.391 e. The SMILES string of the molecule is O=S(=O)(Nc1ccc(F)c(CO)c1F)C1CC=CS1. The number of hydrogen-bond donors (Lipinski definition) is 2. The molecule has 1 heterocycles. The van der Waals surface area contributed by atoms with Crippen LogP contribution in [0, 0.1) is 11.6 Å². The molecule has 2 N–H and O–H groups in total. The van der Waals surface area contributed by atoms with Gasteiger partial charge < -0.3 is 5.11 Å². The van der Waals surface area contributed by atoms with Gasteiger partial charge in [0.1, 0.15) is 10.4 Å². The van der Waals surface area contributed by atoms with E-state index in [0.29, 0.717) is 6.42 Å². The van der Waals surface area contributed by atoms with E-state index < -0.39 is 38.4 Å². The first kappa shape index (κ1) is 14.3. The molecular formula is C11H11F2NO3S2. The molecule has 1 aromatic rings. The van der Waals surface area contributed by atoms with Crippen LogP contribution in [-0.4, -0.2) is 18.1 Å². The Hall–Kier alpha value is -1.12. The summed E-state index contributed by atoms with van der Waals surface area (Å²) >= 11 is 1.11. The summed E-state index contributed by atoms with van der Waals surface area (Å²) in [4.78, 5) is 0. The van der Waals surface area contributed by atoms with Crippen molar-refractivity contribution in [2.24, 2.45) is 0 Å². The maximum atomic E-state index is 13.8. The quantitative estimate of drug-likeness (QED) is 0.895. The molecule has 0 aliphatic carbocycles. The molecule has 0 amide bonds. The van der Waals surface area contributed by atoms with Crippen molar-refractivity contribution in [1.29, 1.82) is 0 Å². The molecule has 1 aliphatic rings. The fraction of sp³-hybridized carbons (Fsp3) is 0.273. The van der Waals surface area contributed by atoms with Gasteiger partial charge in [-0.1, -0.05) is 6.08 Å². The summed E-state index contributed by atoms with van der Waals surface area (Å²) in [6, 6.07) is 1.90. The summed E-state index contributed by atoms with van der Waals surface area (Å²) < 4.78 is 52.2. The fourth-order valence-electron chi connectivity index (χ4n) is 1.61. The van der Waals surface area contributed by atoms with E-state index in [4.69, 9.17) is 5.11 Å². The minimum Gasteiger partial charge on any atom is -0.391 e. The lowest BCUT2D eigenvalue weighted by molar-refractivity contribution is 0.269. The molecule has 19 heavy (non-hydrogen) atoms. The average Bonchev–Trinajstić information content (AvgIpc) is 2.88. The molecule has 0 radical (unpaired) electrons. The summed E-state index contributed by atoms with van der Waals surface area (Å²) in [5.41, 5.74) is -0.921. The van der Waals surface area contributed by atoms with Crippen LogP contribution >= 0.6 is 11.8 Å². The Morgan fingerprint density at radius 3 is 2.74 bits per heavy atom. The molecule has 1 atom stereocenters. The molecule has 0 aromatic heterocycles. The summed E-state index contributed by atoms with van der Waals surface area (Å²) in [6.45, 7) is -0.840. The monoisotopic (exact) mass is 307 g/mol. The van der Waals surface area contributed by atoms with E-state index in [9.17, 15) is 17.2 Å². The van der Waals surface area contributed by atoms with Crippen LogP contribution in [0.4, 0.5) is 14.5 Å². The molecule has 8 heteroatoms. The molecule has 2 rings (SSSR count). The predicted octanol–water partition coefficient (Wildman–Crippen LogP) is 2.18. The maximum Gasteiger partial charge on any atom is 0.245 e. The number of sulfonamides is 1. The summed E-state index contributed by atoms with van der Waals surface area (Å²) in [5, 5.41) is 10.5. The van der Waals surface area contributed by atoms with Gasteiger partial charge in [-0.15, -0.1) is 11.8 Å². The van der Waals surface area contributed by atoms with Gasteiger partial charge in [-0.2, -0.15) is 0 Å². The van der Waals surface area contributed by atoms with Crippen LogP contribution in [-0.2, 0) is 16.6 Å². The minimum atomic E-state index is -3.77. The van der Waals surface area contributed by atoms with Crippen molar-refractivity contribution < 1.29 is 22.3 Å². The number of halogens is 2. The zero-order valence-electron chi connectivity index (χ0n) is 9.64. The number of aliphatic hydroxyl groups excluding tert-OH is 1. The van der Waals surface area contributed by atoms with E-state index in [2.05, 4.69) is 4.72 Å². The molecule has 0 fully saturated rings. The highest BCUT2D eigenvalue weighted by Gasteiger charge is 2.28. The highest BCUT2D eigenvalue weighted by Crippen LogP contribution is 2.31. The van der Waals surface area contributed by atoms with Crippen molar-refractivity contribution in [3.63, 3.8) is 0 Å². The number of benzene rings is 1. The zero-order valence-corrected chi connectivity index (χ0v) is 11.3. The third-order valence-corrected chi connectivity index (χ3v) is 5.93. The average molecular weight is 307 g/mol. The topological polar surface area (TPSA) is 66.4 Å². The molecule has 4 nitrogen and oxygen atoms in total. The van der Waals surface area contributed by atoms with Crippen molar-refractivity contribution in [1.82, 2.24) is 0 Å². The van der Waals surface area contributed by atoms with E-state index in [1.165, 1.54) is 0 Å². The number of anilines is 1. The van der Waals surface area contributed by atoms with Crippen molar-refractivity contribution in [3.05, 3.63) is 40.8 Å². The molecule has 1 aliphatic heterocycles. The van der Waals surface area contributed by atoms with Crippen LogP contribution in [0.15, 0.2) is 23.6 Å². The van der Waals surface area contributed by atoms with Gasteiger partial charge in [0, 0.05) is 0 Å². The van der Waals surface area contributed by atoms with Gasteiger partial charge in [-0.05, 0) is 24.0 Å². The van der Waals surface area contributed by atoms with Gasteiger partial charge in [-0.25, -0.2) is 17.2 Å². The molecule has 0 saturated heterocycles. The van der Waals surface area contributed by atoms with Gasteiger partial charge in [0.25, 0.3) is 0 Å². The van der Waals surface area contributed by atoms with Crippen molar-refractivity contribution in [2.45, 2.75) is 17.6 Å². The first-order valence-corrected chi connectivity index (χ1v) is 7.84. The number of aliphatic hydroxyl groups is 1. The Balaban J connectivity index is 2.29. The lowest BCUT2D eigenvalue weighted by Crippen LogP contribution is -2.24. The molecule has 0 spiro atoms.